The molecule has 0 aliphatic carbocycles. The first-order valence-corrected chi connectivity index (χ1v) is 10.3. The average Bonchev–Trinajstić information content (AvgIpc) is 2.74. The van der Waals surface area contributed by atoms with Crippen LogP contribution in [0.3, 0.4) is 0 Å². The van der Waals surface area contributed by atoms with E-state index in [-0.39, 0.29) is 64.4 Å². The zero-order valence-corrected chi connectivity index (χ0v) is 17.7. The monoisotopic (exact) mass is 451 g/mol. The zero-order chi connectivity index (χ0) is 24.0. The molecule has 0 spiro atoms. The van der Waals surface area contributed by atoms with Crippen molar-refractivity contribution in [3.05, 3.63) is 35.9 Å². The Morgan fingerprint density at radius 1 is 0.750 bits per heavy atom. The molecule has 10 nitrogen and oxygen atoms in total. The lowest BCUT2D eigenvalue weighted by molar-refractivity contribution is -0.145. The third-order valence-electron chi connectivity index (χ3n) is 4.88. The Hall–Kier alpha value is -3.43. The first-order chi connectivity index (χ1) is 15.1. The van der Waals surface area contributed by atoms with Gasteiger partial charge in [0, 0.05) is 37.6 Å². The van der Waals surface area contributed by atoms with Gasteiger partial charge in [0.15, 0.2) is 0 Å². The van der Waals surface area contributed by atoms with Gasteiger partial charge in [0.2, 0.25) is 5.91 Å². The minimum atomic E-state index is -1.28. The molecule has 1 aromatic carbocycles. The number of benzene rings is 1. The van der Waals surface area contributed by atoms with E-state index in [2.05, 4.69) is 5.32 Å². The van der Waals surface area contributed by atoms with Crippen LogP contribution < -0.4 is 5.32 Å². The standard InChI is InChI=1S/C22H29NO9/c24-17(7-4-8-21(31)32-15-16-5-2-1-3-6-16)23-22(12-9-18(25)26,13-10-19(27)28)14-11-20(29)30/h1-3,5-6H,4,7-15H2,(H,23,24)(H,25,26)(H,27,28)(H,29,30). The molecule has 0 aromatic heterocycles. The lowest BCUT2D eigenvalue weighted by Gasteiger charge is -2.34. The van der Waals surface area contributed by atoms with Crippen LogP contribution >= 0.6 is 0 Å². The van der Waals surface area contributed by atoms with Crippen molar-refractivity contribution in [1.29, 1.82) is 0 Å². The highest BCUT2D eigenvalue weighted by atomic mass is 16.5. The van der Waals surface area contributed by atoms with Gasteiger partial charge < -0.3 is 25.4 Å². The summed E-state index contributed by atoms with van der Waals surface area (Å²) in [6.45, 7) is 0.120. The number of nitrogens with one attached hydrogen (secondary N) is 1. The minimum Gasteiger partial charge on any atom is -0.481 e. The van der Waals surface area contributed by atoms with Crippen molar-refractivity contribution in [1.82, 2.24) is 5.32 Å². The van der Waals surface area contributed by atoms with E-state index >= 15 is 0 Å². The number of carbonyl (C=O) groups is 5. The fourth-order valence-corrected chi connectivity index (χ4v) is 3.16. The molecule has 0 aliphatic rings. The van der Waals surface area contributed by atoms with Gasteiger partial charge in [0.25, 0.3) is 0 Å². The number of carbonyl (C=O) groups excluding carboxylic acids is 2. The van der Waals surface area contributed by atoms with E-state index < -0.39 is 35.3 Å². The first kappa shape index (κ1) is 26.6. The van der Waals surface area contributed by atoms with Crippen molar-refractivity contribution in [2.24, 2.45) is 0 Å². The smallest absolute Gasteiger partial charge is 0.306 e. The summed E-state index contributed by atoms with van der Waals surface area (Å²) in [5.41, 5.74) is -0.446. The van der Waals surface area contributed by atoms with Crippen LogP contribution in [-0.4, -0.2) is 50.6 Å². The molecule has 32 heavy (non-hydrogen) atoms. The van der Waals surface area contributed by atoms with E-state index in [0.717, 1.165) is 5.56 Å². The second-order valence-corrected chi connectivity index (χ2v) is 7.51. The van der Waals surface area contributed by atoms with E-state index in [4.69, 9.17) is 20.1 Å². The van der Waals surface area contributed by atoms with E-state index in [0.29, 0.717) is 0 Å². The van der Waals surface area contributed by atoms with Crippen molar-refractivity contribution < 1.29 is 44.0 Å². The van der Waals surface area contributed by atoms with Gasteiger partial charge >= 0.3 is 23.9 Å². The minimum absolute atomic E-state index is 0.00731. The number of aliphatic carboxylic acids is 3. The Bertz CT molecular complexity index is 746. The van der Waals surface area contributed by atoms with Crippen molar-refractivity contribution >= 4 is 29.8 Å². The average molecular weight is 451 g/mol. The van der Waals surface area contributed by atoms with E-state index in [1.54, 1.807) is 0 Å². The quantitative estimate of drug-likeness (QED) is 0.276. The molecular weight excluding hydrogens is 422 g/mol. The molecule has 0 saturated carbocycles. The number of amides is 1. The van der Waals surface area contributed by atoms with Gasteiger partial charge in [-0.25, -0.2) is 0 Å². The van der Waals surface area contributed by atoms with Crippen LogP contribution in [0, 0.1) is 0 Å². The second kappa shape index (κ2) is 13.8. The Morgan fingerprint density at radius 2 is 1.25 bits per heavy atom. The molecule has 1 aromatic rings. The third-order valence-corrected chi connectivity index (χ3v) is 4.88. The highest BCUT2D eigenvalue weighted by molar-refractivity contribution is 5.78. The van der Waals surface area contributed by atoms with Crippen molar-refractivity contribution in [2.45, 2.75) is 69.9 Å². The summed E-state index contributed by atoms with van der Waals surface area (Å²) in [4.78, 5) is 57.4. The van der Waals surface area contributed by atoms with Crippen LogP contribution in [-0.2, 0) is 35.3 Å². The van der Waals surface area contributed by atoms with Crippen LogP contribution in [0.4, 0.5) is 0 Å². The number of carboxylic acids is 3. The zero-order valence-electron chi connectivity index (χ0n) is 17.7. The molecule has 1 amide bonds. The molecule has 0 saturated heterocycles. The maximum absolute atomic E-state index is 12.4. The summed E-state index contributed by atoms with van der Waals surface area (Å²) >= 11 is 0. The van der Waals surface area contributed by atoms with Crippen LogP contribution in [0.15, 0.2) is 30.3 Å². The molecule has 10 heteroatoms. The third kappa shape index (κ3) is 11.7. The SMILES string of the molecule is O=C(O)CCC(CCC(=O)O)(CCC(=O)O)NC(=O)CCCC(=O)OCc1ccccc1. The van der Waals surface area contributed by atoms with Gasteiger partial charge in [-0.2, -0.15) is 0 Å². The molecule has 0 fully saturated rings. The van der Waals surface area contributed by atoms with Gasteiger partial charge in [-0.05, 0) is 31.2 Å². The fraction of sp³-hybridized carbons (Fsp3) is 0.500. The number of rotatable bonds is 16. The van der Waals surface area contributed by atoms with Crippen molar-refractivity contribution in [3.8, 4) is 0 Å². The van der Waals surface area contributed by atoms with E-state index in [1.807, 2.05) is 30.3 Å². The Morgan fingerprint density at radius 3 is 1.72 bits per heavy atom. The fourth-order valence-electron chi connectivity index (χ4n) is 3.16. The summed E-state index contributed by atoms with van der Waals surface area (Å²) in [6.07, 6.45) is -1.29. The number of hydrogen-bond donors (Lipinski definition) is 4. The van der Waals surface area contributed by atoms with E-state index in [1.165, 1.54) is 0 Å². The lowest BCUT2D eigenvalue weighted by Crippen LogP contribution is -2.49. The molecule has 1 rings (SSSR count). The predicted molar refractivity (Wildman–Crippen MR) is 112 cm³/mol. The number of ether oxygens (including phenoxy) is 1. The van der Waals surface area contributed by atoms with Crippen LogP contribution in [0.1, 0.15) is 63.4 Å². The molecule has 0 bridgehead atoms. The highest BCUT2D eigenvalue weighted by Crippen LogP contribution is 2.26. The van der Waals surface area contributed by atoms with Gasteiger partial charge in [-0.15, -0.1) is 0 Å². The molecule has 0 unspecified atom stereocenters. The summed E-state index contributed by atoms with van der Waals surface area (Å²) in [5.74, 6) is -4.42. The van der Waals surface area contributed by atoms with Crippen LogP contribution in [0.5, 0.6) is 0 Å². The first-order valence-electron chi connectivity index (χ1n) is 10.3. The molecular formula is C22H29NO9. The maximum atomic E-state index is 12.4. The Labute approximate surface area is 185 Å². The van der Waals surface area contributed by atoms with Crippen LogP contribution in [0.25, 0.3) is 0 Å². The predicted octanol–water partition coefficient (Wildman–Crippen LogP) is 2.35. The molecule has 0 heterocycles. The van der Waals surface area contributed by atoms with Gasteiger partial charge in [-0.1, -0.05) is 30.3 Å². The maximum Gasteiger partial charge on any atom is 0.306 e. The number of carboxylic acid groups (broad SMARTS) is 3. The van der Waals surface area contributed by atoms with Crippen molar-refractivity contribution in [3.63, 3.8) is 0 Å². The topological polar surface area (TPSA) is 167 Å². The highest BCUT2D eigenvalue weighted by Gasteiger charge is 2.33. The molecule has 176 valence electrons. The summed E-state index contributed by atoms with van der Waals surface area (Å²) in [6, 6.07) is 9.10. The molecule has 4 N–H and O–H groups in total. The normalized spacial score (nSPS) is 10.9. The van der Waals surface area contributed by atoms with Gasteiger partial charge in [0.1, 0.15) is 6.61 Å². The Kier molecular flexibility index (Phi) is 11.5. The van der Waals surface area contributed by atoms with Crippen molar-refractivity contribution in [2.75, 3.05) is 0 Å². The molecule has 0 radical (unpaired) electrons. The molecule has 0 atom stereocenters. The van der Waals surface area contributed by atoms with Gasteiger partial charge in [-0.3, -0.25) is 24.0 Å². The lowest BCUT2D eigenvalue weighted by atomic mass is 9.83. The van der Waals surface area contributed by atoms with Crippen LogP contribution in [0.2, 0.25) is 0 Å². The summed E-state index contributed by atoms with van der Waals surface area (Å²) in [7, 11) is 0. The van der Waals surface area contributed by atoms with Gasteiger partial charge in [0.05, 0.1) is 0 Å². The summed E-state index contributed by atoms with van der Waals surface area (Å²) in [5, 5.41) is 29.7. The number of esters is 1. The largest absolute Gasteiger partial charge is 0.481 e. The summed E-state index contributed by atoms with van der Waals surface area (Å²) < 4.78 is 5.14. The number of hydrogen-bond acceptors (Lipinski definition) is 6. The van der Waals surface area contributed by atoms with E-state index in [9.17, 15) is 24.0 Å². The Balaban J connectivity index is 2.63. The molecule has 0 aliphatic heterocycles. The second-order valence-electron chi connectivity index (χ2n) is 7.51.